The average molecular weight is 246 g/mol. The zero-order chi connectivity index (χ0) is 11.1. The monoisotopic (exact) mass is 245 g/mol. The number of benzene rings is 1. The third-order valence-electron chi connectivity index (χ3n) is 2.11. The minimum atomic E-state index is -3.71. The number of H-pyrrole nitrogens is 1. The summed E-state index contributed by atoms with van der Waals surface area (Å²) >= 11 is 0. The molecule has 2 aromatic rings. The summed E-state index contributed by atoms with van der Waals surface area (Å²) in [6.45, 7) is 0. The smallest absolute Gasteiger partial charge is 0.263 e. The summed E-state index contributed by atoms with van der Waals surface area (Å²) in [7, 11) is 3.11. The van der Waals surface area contributed by atoms with Gasteiger partial charge in [0.25, 0.3) is 9.05 Å². The number of hydrogen-bond donors (Lipinski definition) is 1. The van der Waals surface area contributed by atoms with Gasteiger partial charge in [0.2, 0.25) is 0 Å². The van der Waals surface area contributed by atoms with E-state index < -0.39 is 9.05 Å². The lowest BCUT2D eigenvalue weighted by molar-refractivity contribution is 0.415. The minimum Gasteiger partial charge on any atom is -0.497 e. The van der Waals surface area contributed by atoms with Crippen LogP contribution in [0, 0.1) is 0 Å². The molecular formula is C9H8ClNO3S. The standard InChI is InChI=1S/C9H8ClNO3S/c1-14-6-2-3-7-8(4-6)11-5-9(7)15(10,12)13/h2-5,11H,1H3. The van der Waals surface area contributed by atoms with Crippen LogP contribution in [0.25, 0.3) is 10.9 Å². The Morgan fingerprint density at radius 3 is 2.73 bits per heavy atom. The Balaban J connectivity index is 2.73. The van der Waals surface area contributed by atoms with Crippen molar-refractivity contribution in [1.29, 1.82) is 0 Å². The number of methoxy groups -OCH3 is 1. The summed E-state index contributed by atoms with van der Waals surface area (Å²) in [5.74, 6) is 0.655. The molecule has 0 amide bonds. The Morgan fingerprint density at radius 1 is 1.40 bits per heavy atom. The van der Waals surface area contributed by atoms with Gasteiger partial charge < -0.3 is 9.72 Å². The first kappa shape index (κ1) is 10.3. The summed E-state index contributed by atoms with van der Waals surface area (Å²) in [6, 6.07) is 5.04. The summed E-state index contributed by atoms with van der Waals surface area (Å²) in [5, 5.41) is 0.561. The highest BCUT2D eigenvalue weighted by molar-refractivity contribution is 8.14. The van der Waals surface area contributed by atoms with Gasteiger partial charge in [-0.1, -0.05) is 0 Å². The highest BCUT2D eigenvalue weighted by Gasteiger charge is 2.15. The third-order valence-corrected chi connectivity index (χ3v) is 3.48. The molecule has 0 spiro atoms. The van der Waals surface area contributed by atoms with E-state index in [1.54, 1.807) is 25.3 Å². The molecule has 80 valence electrons. The van der Waals surface area contributed by atoms with Gasteiger partial charge in [0, 0.05) is 28.3 Å². The molecule has 1 heterocycles. The second kappa shape index (κ2) is 3.43. The van der Waals surface area contributed by atoms with Crippen LogP contribution >= 0.6 is 10.7 Å². The molecule has 6 heteroatoms. The van der Waals surface area contributed by atoms with Gasteiger partial charge in [-0.05, 0) is 12.1 Å². The van der Waals surface area contributed by atoms with E-state index in [2.05, 4.69) is 4.98 Å². The zero-order valence-electron chi connectivity index (χ0n) is 7.82. The van der Waals surface area contributed by atoms with Crippen LogP contribution in [0.1, 0.15) is 0 Å². The van der Waals surface area contributed by atoms with Crippen LogP contribution in [-0.4, -0.2) is 20.5 Å². The Hall–Kier alpha value is -1.20. The van der Waals surface area contributed by atoms with Gasteiger partial charge in [0.05, 0.1) is 12.6 Å². The molecule has 1 aromatic heterocycles. The summed E-state index contributed by atoms with van der Waals surface area (Å²) < 4.78 is 27.4. The van der Waals surface area contributed by atoms with E-state index in [0.29, 0.717) is 16.7 Å². The van der Waals surface area contributed by atoms with Crippen molar-refractivity contribution in [2.24, 2.45) is 0 Å². The summed E-state index contributed by atoms with van der Waals surface area (Å²) in [6.07, 6.45) is 1.37. The molecule has 0 saturated heterocycles. The molecule has 2 rings (SSSR count). The van der Waals surface area contributed by atoms with Crippen LogP contribution in [0.5, 0.6) is 5.75 Å². The van der Waals surface area contributed by atoms with Crippen molar-refractivity contribution in [3.8, 4) is 5.75 Å². The van der Waals surface area contributed by atoms with E-state index in [-0.39, 0.29) is 4.90 Å². The van der Waals surface area contributed by atoms with Crippen molar-refractivity contribution in [3.63, 3.8) is 0 Å². The van der Waals surface area contributed by atoms with E-state index in [1.165, 1.54) is 6.20 Å². The Morgan fingerprint density at radius 2 is 2.13 bits per heavy atom. The molecule has 0 radical (unpaired) electrons. The minimum absolute atomic E-state index is 0.0850. The number of aromatic amines is 1. The number of halogens is 1. The first-order valence-electron chi connectivity index (χ1n) is 4.12. The lowest BCUT2D eigenvalue weighted by Gasteiger charge is -1.99. The molecule has 0 fully saturated rings. The number of rotatable bonds is 2. The fourth-order valence-corrected chi connectivity index (χ4v) is 2.43. The van der Waals surface area contributed by atoms with Crippen molar-refractivity contribution >= 4 is 30.6 Å². The highest BCUT2D eigenvalue weighted by Crippen LogP contribution is 2.28. The fraction of sp³-hybridized carbons (Fsp3) is 0.111. The molecule has 0 saturated carbocycles. The van der Waals surface area contributed by atoms with E-state index >= 15 is 0 Å². The first-order chi connectivity index (χ1) is 7.02. The van der Waals surface area contributed by atoms with Gasteiger partial charge in [0.1, 0.15) is 10.6 Å². The predicted octanol–water partition coefficient (Wildman–Crippen LogP) is 2.10. The van der Waals surface area contributed by atoms with Crippen molar-refractivity contribution in [3.05, 3.63) is 24.4 Å². The Labute approximate surface area is 91.2 Å². The van der Waals surface area contributed by atoms with Gasteiger partial charge in [-0.2, -0.15) is 0 Å². The average Bonchev–Trinajstić information content (AvgIpc) is 2.59. The second-order valence-corrected chi connectivity index (χ2v) is 5.54. The quantitative estimate of drug-likeness (QED) is 0.825. The maximum Gasteiger partial charge on any atom is 0.263 e. The molecule has 0 bridgehead atoms. The SMILES string of the molecule is COc1ccc2c(S(=O)(=O)Cl)c[nH]c2c1. The summed E-state index contributed by atoms with van der Waals surface area (Å²) in [5.41, 5.74) is 0.675. The Bertz CT molecular complexity index is 603. The largest absolute Gasteiger partial charge is 0.497 e. The highest BCUT2D eigenvalue weighted by atomic mass is 35.7. The molecule has 4 nitrogen and oxygen atoms in total. The molecular weight excluding hydrogens is 238 g/mol. The molecule has 0 aliphatic heterocycles. The molecule has 1 N–H and O–H groups in total. The fourth-order valence-electron chi connectivity index (χ4n) is 1.41. The van der Waals surface area contributed by atoms with Gasteiger partial charge >= 0.3 is 0 Å². The topological polar surface area (TPSA) is 59.2 Å². The van der Waals surface area contributed by atoms with E-state index in [4.69, 9.17) is 15.4 Å². The lowest BCUT2D eigenvalue weighted by atomic mass is 10.2. The number of ether oxygens (including phenoxy) is 1. The molecule has 0 unspecified atom stereocenters. The Kier molecular flexibility index (Phi) is 2.36. The van der Waals surface area contributed by atoms with Gasteiger partial charge in [-0.25, -0.2) is 8.42 Å². The van der Waals surface area contributed by atoms with E-state index in [0.717, 1.165) is 0 Å². The van der Waals surface area contributed by atoms with Gasteiger partial charge in [-0.15, -0.1) is 0 Å². The maximum atomic E-state index is 11.2. The van der Waals surface area contributed by atoms with Gasteiger partial charge in [-0.3, -0.25) is 0 Å². The van der Waals surface area contributed by atoms with Crippen LogP contribution in [-0.2, 0) is 9.05 Å². The van der Waals surface area contributed by atoms with Crippen molar-refractivity contribution in [1.82, 2.24) is 4.98 Å². The lowest BCUT2D eigenvalue weighted by Crippen LogP contribution is -1.88. The van der Waals surface area contributed by atoms with E-state index in [9.17, 15) is 8.42 Å². The molecule has 1 aromatic carbocycles. The van der Waals surface area contributed by atoms with Gasteiger partial charge in [0.15, 0.2) is 0 Å². The first-order valence-corrected chi connectivity index (χ1v) is 6.43. The number of hydrogen-bond acceptors (Lipinski definition) is 3. The van der Waals surface area contributed by atoms with Crippen LogP contribution in [0.4, 0.5) is 0 Å². The second-order valence-electron chi connectivity index (χ2n) is 3.00. The van der Waals surface area contributed by atoms with Crippen LogP contribution in [0.2, 0.25) is 0 Å². The van der Waals surface area contributed by atoms with Crippen LogP contribution in [0.15, 0.2) is 29.3 Å². The number of aromatic nitrogens is 1. The van der Waals surface area contributed by atoms with E-state index in [1.807, 2.05) is 0 Å². The summed E-state index contributed by atoms with van der Waals surface area (Å²) in [4.78, 5) is 2.91. The normalized spacial score (nSPS) is 11.9. The third kappa shape index (κ3) is 1.80. The molecule has 0 atom stereocenters. The number of fused-ring (bicyclic) bond motifs is 1. The molecule has 0 aliphatic carbocycles. The molecule has 15 heavy (non-hydrogen) atoms. The zero-order valence-corrected chi connectivity index (χ0v) is 9.39. The van der Waals surface area contributed by atoms with Crippen LogP contribution < -0.4 is 4.74 Å². The molecule has 0 aliphatic rings. The van der Waals surface area contributed by atoms with Crippen molar-refractivity contribution in [2.75, 3.05) is 7.11 Å². The van der Waals surface area contributed by atoms with Crippen molar-refractivity contribution < 1.29 is 13.2 Å². The van der Waals surface area contributed by atoms with Crippen LogP contribution in [0.3, 0.4) is 0 Å². The predicted molar refractivity (Wildman–Crippen MR) is 57.9 cm³/mol. The van der Waals surface area contributed by atoms with Crippen molar-refractivity contribution in [2.45, 2.75) is 4.90 Å². The number of nitrogens with one attached hydrogen (secondary N) is 1. The maximum absolute atomic E-state index is 11.2.